The highest BCUT2D eigenvalue weighted by molar-refractivity contribution is 7.88. The van der Waals surface area contributed by atoms with Crippen LogP contribution in [0.3, 0.4) is 0 Å². The fourth-order valence-corrected chi connectivity index (χ4v) is 5.07. The normalized spacial score (nSPS) is 14.6. The second-order valence-corrected chi connectivity index (χ2v) is 9.73. The van der Waals surface area contributed by atoms with Crippen LogP contribution in [0.25, 0.3) is 0 Å². The smallest absolute Gasteiger partial charge is 0.251 e. The Bertz CT molecular complexity index is 1220. The van der Waals surface area contributed by atoms with Gasteiger partial charge in [-0.25, -0.2) is 8.42 Å². The summed E-state index contributed by atoms with van der Waals surface area (Å²) in [6.45, 7) is 3.59. The van der Waals surface area contributed by atoms with E-state index >= 15 is 0 Å². The zero-order valence-corrected chi connectivity index (χ0v) is 19.6. The average Bonchev–Trinajstić information content (AvgIpc) is 3.27. The van der Waals surface area contributed by atoms with Gasteiger partial charge in [-0.05, 0) is 35.4 Å². The molecule has 1 fully saturated rings. The fraction of sp³-hybridized carbons (Fsp3) is 0.348. The first kappa shape index (κ1) is 23.9. The lowest BCUT2D eigenvalue weighted by Crippen LogP contribution is -2.41. The largest absolute Gasteiger partial charge is 0.485 e. The predicted octanol–water partition coefficient (Wildman–Crippen LogP) is 2.05. The summed E-state index contributed by atoms with van der Waals surface area (Å²) in [7, 11) is -3.47. The van der Waals surface area contributed by atoms with Crippen molar-refractivity contribution in [2.45, 2.75) is 25.8 Å². The molecule has 34 heavy (non-hydrogen) atoms. The summed E-state index contributed by atoms with van der Waals surface area (Å²) in [6, 6.07) is 13.9. The van der Waals surface area contributed by atoms with Gasteiger partial charge in [0.05, 0.1) is 19.0 Å². The van der Waals surface area contributed by atoms with Crippen molar-refractivity contribution in [3.63, 3.8) is 0 Å². The number of hydrogen-bond donors (Lipinski definition) is 1. The number of hydrogen-bond acceptors (Lipinski definition) is 8. The third-order valence-electron chi connectivity index (χ3n) is 5.31. The van der Waals surface area contributed by atoms with E-state index in [0.29, 0.717) is 54.9 Å². The van der Waals surface area contributed by atoms with Gasteiger partial charge in [-0.2, -0.15) is 9.29 Å². The maximum Gasteiger partial charge on any atom is 0.251 e. The van der Waals surface area contributed by atoms with Gasteiger partial charge >= 0.3 is 0 Å². The van der Waals surface area contributed by atoms with Crippen molar-refractivity contribution in [2.75, 3.05) is 26.3 Å². The summed E-state index contributed by atoms with van der Waals surface area (Å²) in [6.07, 6.45) is 0. The highest BCUT2D eigenvalue weighted by Gasteiger charge is 2.25. The molecule has 1 aliphatic rings. The van der Waals surface area contributed by atoms with Crippen molar-refractivity contribution in [3.8, 4) is 5.75 Å². The molecule has 0 radical (unpaired) electrons. The molecule has 11 heteroatoms. The highest BCUT2D eigenvalue weighted by Crippen LogP contribution is 2.18. The van der Waals surface area contributed by atoms with E-state index in [0.717, 1.165) is 5.56 Å². The SMILES string of the molecule is Cc1nc(COc2ccc(C(=O)NCc3ccccc3CS(=O)(=O)N3CCOCC3)cc2)no1. The molecule has 0 bridgehead atoms. The maximum absolute atomic E-state index is 12.8. The Balaban J connectivity index is 1.34. The molecule has 180 valence electrons. The minimum absolute atomic E-state index is 0.120. The number of benzene rings is 2. The zero-order chi connectivity index (χ0) is 24.0. The number of nitrogens with zero attached hydrogens (tertiary/aromatic N) is 3. The first-order chi connectivity index (χ1) is 16.4. The van der Waals surface area contributed by atoms with Crippen LogP contribution in [0.2, 0.25) is 0 Å². The van der Waals surface area contributed by atoms with Gasteiger partial charge in [0.2, 0.25) is 21.7 Å². The van der Waals surface area contributed by atoms with Gasteiger partial charge in [0.25, 0.3) is 5.91 Å². The molecule has 1 aliphatic heterocycles. The van der Waals surface area contributed by atoms with Gasteiger partial charge in [-0.15, -0.1) is 0 Å². The molecule has 2 aromatic carbocycles. The third-order valence-corrected chi connectivity index (χ3v) is 7.14. The molecule has 1 saturated heterocycles. The standard InChI is InChI=1S/C23H26N4O6S/c1-17-25-22(26-33-17)15-32-21-8-6-18(7-9-21)23(28)24-14-19-4-2-3-5-20(19)16-34(29,30)27-10-12-31-13-11-27/h2-9H,10-16H2,1H3,(H,24,28). The first-order valence-corrected chi connectivity index (χ1v) is 12.4. The lowest BCUT2D eigenvalue weighted by atomic mass is 10.1. The Labute approximate surface area is 197 Å². The molecule has 0 unspecified atom stereocenters. The fourth-order valence-electron chi connectivity index (χ4n) is 3.51. The number of carbonyl (C=O) groups excluding carboxylic acids is 1. The average molecular weight is 487 g/mol. The number of ether oxygens (including phenoxy) is 2. The Hall–Kier alpha value is -3.28. The first-order valence-electron chi connectivity index (χ1n) is 10.8. The molecule has 0 atom stereocenters. The number of aromatic nitrogens is 2. The summed E-state index contributed by atoms with van der Waals surface area (Å²) in [5.41, 5.74) is 1.87. The molecule has 1 amide bonds. The second kappa shape index (κ2) is 10.8. The van der Waals surface area contributed by atoms with Crippen LogP contribution in [0.5, 0.6) is 5.75 Å². The number of morpholine rings is 1. The lowest BCUT2D eigenvalue weighted by Gasteiger charge is -2.26. The van der Waals surface area contributed by atoms with Crippen LogP contribution in [-0.2, 0) is 33.7 Å². The minimum atomic E-state index is -3.47. The number of rotatable bonds is 9. The topological polar surface area (TPSA) is 124 Å². The second-order valence-electron chi connectivity index (χ2n) is 7.76. The predicted molar refractivity (Wildman–Crippen MR) is 122 cm³/mol. The highest BCUT2D eigenvalue weighted by atomic mass is 32.2. The van der Waals surface area contributed by atoms with Gasteiger partial charge in [-0.3, -0.25) is 4.79 Å². The molecule has 0 aliphatic carbocycles. The number of nitrogens with one attached hydrogen (secondary N) is 1. The van der Waals surface area contributed by atoms with Crippen molar-refractivity contribution in [1.82, 2.24) is 19.8 Å². The summed E-state index contributed by atoms with van der Waals surface area (Å²) in [4.78, 5) is 16.7. The van der Waals surface area contributed by atoms with E-state index in [1.807, 2.05) is 12.1 Å². The summed E-state index contributed by atoms with van der Waals surface area (Å²) < 4.78 is 42.8. The molecule has 1 N–H and O–H groups in total. The zero-order valence-electron chi connectivity index (χ0n) is 18.8. The third kappa shape index (κ3) is 6.19. The molecule has 0 saturated carbocycles. The van der Waals surface area contributed by atoms with Crippen molar-refractivity contribution >= 4 is 15.9 Å². The van der Waals surface area contributed by atoms with Crippen LogP contribution in [-0.4, -0.2) is 55.1 Å². The quantitative estimate of drug-likeness (QED) is 0.487. The van der Waals surface area contributed by atoms with E-state index in [1.54, 1.807) is 43.3 Å². The maximum atomic E-state index is 12.8. The van der Waals surface area contributed by atoms with Gasteiger partial charge in [-0.1, -0.05) is 29.4 Å². The van der Waals surface area contributed by atoms with Crippen molar-refractivity contribution < 1.29 is 27.2 Å². The number of sulfonamides is 1. The van der Waals surface area contributed by atoms with Crippen LogP contribution >= 0.6 is 0 Å². The van der Waals surface area contributed by atoms with Gasteiger partial charge < -0.3 is 19.3 Å². The van der Waals surface area contributed by atoms with E-state index in [9.17, 15) is 13.2 Å². The van der Waals surface area contributed by atoms with E-state index in [-0.39, 0.29) is 24.8 Å². The molecule has 4 rings (SSSR count). The van der Waals surface area contributed by atoms with Crippen LogP contribution in [0.15, 0.2) is 53.1 Å². The molecular formula is C23H26N4O6S. The van der Waals surface area contributed by atoms with Gasteiger partial charge in [0, 0.05) is 32.1 Å². The molecule has 3 aromatic rings. The summed E-state index contributed by atoms with van der Waals surface area (Å²) in [5.74, 6) is 1.08. The van der Waals surface area contributed by atoms with Crippen molar-refractivity contribution in [2.24, 2.45) is 0 Å². The minimum Gasteiger partial charge on any atom is -0.485 e. The van der Waals surface area contributed by atoms with E-state index in [1.165, 1.54) is 4.31 Å². The number of amides is 1. The van der Waals surface area contributed by atoms with Crippen molar-refractivity contribution in [3.05, 3.63) is 76.9 Å². The Kier molecular flexibility index (Phi) is 7.56. The monoisotopic (exact) mass is 486 g/mol. The molecule has 1 aromatic heterocycles. The molecule has 10 nitrogen and oxygen atoms in total. The summed E-state index contributed by atoms with van der Waals surface area (Å²) >= 11 is 0. The molecule has 2 heterocycles. The van der Waals surface area contributed by atoms with Crippen LogP contribution in [0.4, 0.5) is 0 Å². The Morgan fingerprint density at radius 2 is 1.79 bits per heavy atom. The van der Waals surface area contributed by atoms with E-state index < -0.39 is 10.0 Å². The van der Waals surface area contributed by atoms with Gasteiger partial charge in [0.1, 0.15) is 5.75 Å². The van der Waals surface area contributed by atoms with Crippen LogP contribution < -0.4 is 10.1 Å². The number of carbonyl (C=O) groups is 1. The molecule has 0 spiro atoms. The molecular weight excluding hydrogens is 460 g/mol. The Morgan fingerprint density at radius 1 is 1.09 bits per heavy atom. The van der Waals surface area contributed by atoms with E-state index in [4.69, 9.17) is 14.0 Å². The number of aryl methyl sites for hydroxylation is 1. The van der Waals surface area contributed by atoms with Crippen LogP contribution in [0.1, 0.15) is 33.2 Å². The van der Waals surface area contributed by atoms with Crippen molar-refractivity contribution in [1.29, 1.82) is 0 Å². The lowest BCUT2D eigenvalue weighted by molar-refractivity contribution is 0.0729. The Morgan fingerprint density at radius 3 is 2.47 bits per heavy atom. The van der Waals surface area contributed by atoms with E-state index in [2.05, 4.69) is 15.5 Å². The van der Waals surface area contributed by atoms with Crippen LogP contribution in [0, 0.1) is 6.92 Å². The van der Waals surface area contributed by atoms with Gasteiger partial charge in [0.15, 0.2) is 6.61 Å². The summed E-state index contributed by atoms with van der Waals surface area (Å²) in [5, 5.41) is 6.62.